The van der Waals surface area contributed by atoms with Crippen LogP contribution in [-0.4, -0.2) is 5.91 Å². The summed E-state index contributed by atoms with van der Waals surface area (Å²) in [6.07, 6.45) is 0. The number of para-hydroxylation sites is 1. The van der Waals surface area contributed by atoms with E-state index in [4.69, 9.17) is 0 Å². The number of nitrogens with one attached hydrogen (secondary N) is 1. The third-order valence-corrected chi connectivity index (χ3v) is 5.01. The highest BCUT2D eigenvalue weighted by Crippen LogP contribution is 2.36. The van der Waals surface area contributed by atoms with Gasteiger partial charge in [-0.3, -0.25) is 4.79 Å². The molecule has 3 aromatic carbocycles. The normalized spacial score (nSPS) is 11.7. The van der Waals surface area contributed by atoms with Crippen LogP contribution in [0.4, 0.5) is 5.69 Å². The Kier molecular flexibility index (Phi) is 5.34. The van der Waals surface area contributed by atoms with Gasteiger partial charge >= 0.3 is 0 Å². The van der Waals surface area contributed by atoms with E-state index in [0.29, 0.717) is 0 Å². The van der Waals surface area contributed by atoms with Crippen molar-refractivity contribution in [1.29, 1.82) is 0 Å². The highest BCUT2D eigenvalue weighted by Gasteiger charge is 2.22. The topological polar surface area (TPSA) is 29.1 Å². The molecule has 120 valence electrons. The Morgan fingerprint density at radius 2 is 1.42 bits per heavy atom. The van der Waals surface area contributed by atoms with Crippen LogP contribution in [-0.2, 0) is 4.79 Å². The van der Waals surface area contributed by atoms with Crippen molar-refractivity contribution in [2.45, 2.75) is 17.1 Å². The van der Waals surface area contributed by atoms with Crippen LogP contribution in [0.2, 0.25) is 0 Å². The summed E-state index contributed by atoms with van der Waals surface area (Å²) in [5, 5.41) is 2.77. The minimum Gasteiger partial charge on any atom is -0.325 e. The van der Waals surface area contributed by atoms with Crippen LogP contribution in [0.1, 0.15) is 16.4 Å². The SMILES string of the molecule is Cc1ccccc1NC(=O)[C@H](Sc1ccccc1)c1ccccc1. The van der Waals surface area contributed by atoms with E-state index >= 15 is 0 Å². The van der Waals surface area contributed by atoms with Gasteiger partial charge in [0.25, 0.3) is 0 Å². The molecule has 0 saturated heterocycles. The molecule has 0 radical (unpaired) electrons. The molecule has 0 aliphatic heterocycles. The zero-order chi connectivity index (χ0) is 16.8. The van der Waals surface area contributed by atoms with Gasteiger partial charge in [0.05, 0.1) is 0 Å². The molecule has 0 fully saturated rings. The van der Waals surface area contributed by atoms with Crippen molar-refractivity contribution in [2.75, 3.05) is 5.32 Å². The molecule has 1 N–H and O–H groups in total. The summed E-state index contributed by atoms with van der Waals surface area (Å²) in [7, 11) is 0. The molecule has 3 rings (SSSR count). The Labute approximate surface area is 146 Å². The number of aryl methyl sites for hydroxylation is 1. The third-order valence-electron chi connectivity index (χ3n) is 3.74. The van der Waals surface area contributed by atoms with Crippen molar-refractivity contribution < 1.29 is 4.79 Å². The first-order valence-electron chi connectivity index (χ1n) is 7.87. The van der Waals surface area contributed by atoms with E-state index in [9.17, 15) is 4.79 Å². The summed E-state index contributed by atoms with van der Waals surface area (Å²) in [4.78, 5) is 14.0. The fourth-order valence-electron chi connectivity index (χ4n) is 2.45. The average molecular weight is 333 g/mol. The van der Waals surface area contributed by atoms with Crippen LogP contribution in [0, 0.1) is 6.92 Å². The smallest absolute Gasteiger partial charge is 0.242 e. The minimum absolute atomic E-state index is 0.00986. The van der Waals surface area contributed by atoms with Gasteiger partial charge in [0.2, 0.25) is 5.91 Å². The summed E-state index contributed by atoms with van der Waals surface area (Å²) in [5.74, 6) is -0.00986. The second kappa shape index (κ2) is 7.84. The predicted molar refractivity (Wildman–Crippen MR) is 101 cm³/mol. The largest absolute Gasteiger partial charge is 0.325 e. The maximum Gasteiger partial charge on any atom is 0.242 e. The quantitative estimate of drug-likeness (QED) is 0.628. The fraction of sp³-hybridized carbons (Fsp3) is 0.0952. The van der Waals surface area contributed by atoms with Crippen molar-refractivity contribution in [3.63, 3.8) is 0 Å². The van der Waals surface area contributed by atoms with Gasteiger partial charge in [-0.25, -0.2) is 0 Å². The van der Waals surface area contributed by atoms with Crippen molar-refractivity contribution in [2.24, 2.45) is 0 Å². The number of anilines is 1. The second-order valence-electron chi connectivity index (χ2n) is 5.53. The van der Waals surface area contributed by atoms with E-state index in [-0.39, 0.29) is 11.2 Å². The zero-order valence-electron chi connectivity index (χ0n) is 13.5. The summed E-state index contributed by atoms with van der Waals surface area (Å²) in [5.41, 5.74) is 2.91. The molecule has 0 spiro atoms. The van der Waals surface area contributed by atoms with Gasteiger partial charge in [-0.05, 0) is 36.2 Å². The monoisotopic (exact) mass is 333 g/mol. The molecule has 1 atom stereocenters. The number of rotatable bonds is 5. The number of carbonyl (C=O) groups is 1. The Hall–Kier alpha value is -2.52. The molecule has 0 unspecified atom stereocenters. The van der Waals surface area contributed by atoms with Crippen LogP contribution in [0.3, 0.4) is 0 Å². The van der Waals surface area contributed by atoms with E-state index < -0.39 is 0 Å². The first-order chi connectivity index (χ1) is 11.7. The summed E-state index contributed by atoms with van der Waals surface area (Å²) < 4.78 is 0. The Morgan fingerprint density at radius 3 is 2.08 bits per heavy atom. The predicted octanol–water partition coefficient (Wildman–Crippen LogP) is 5.47. The Morgan fingerprint density at radius 1 is 0.833 bits per heavy atom. The fourth-order valence-corrected chi connectivity index (χ4v) is 3.49. The van der Waals surface area contributed by atoms with E-state index in [1.807, 2.05) is 91.9 Å². The van der Waals surface area contributed by atoms with E-state index in [1.165, 1.54) is 0 Å². The van der Waals surface area contributed by atoms with Gasteiger partial charge in [-0.15, -0.1) is 11.8 Å². The highest BCUT2D eigenvalue weighted by atomic mass is 32.2. The molecule has 0 heterocycles. The maximum absolute atomic E-state index is 12.9. The molecular weight excluding hydrogens is 314 g/mol. The maximum atomic E-state index is 12.9. The first-order valence-corrected chi connectivity index (χ1v) is 8.75. The van der Waals surface area contributed by atoms with Gasteiger partial charge in [0.15, 0.2) is 0 Å². The summed E-state index contributed by atoms with van der Waals surface area (Å²) >= 11 is 1.56. The molecule has 3 aromatic rings. The molecule has 0 aromatic heterocycles. The van der Waals surface area contributed by atoms with Gasteiger partial charge < -0.3 is 5.32 Å². The van der Waals surface area contributed by atoms with Crippen LogP contribution in [0.5, 0.6) is 0 Å². The van der Waals surface area contributed by atoms with Crippen LogP contribution < -0.4 is 5.32 Å². The van der Waals surface area contributed by atoms with Gasteiger partial charge in [0, 0.05) is 10.6 Å². The molecule has 24 heavy (non-hydrogen) atoms. The molecule has 1 amide bonds. The summed E-state index contributed by atoms with van der Waals surface area (Å²) in [6.45, 7) is 2.00. The lowest BCUT2D eigenvalue weighted by atomic mass is 10.1. The van der Waals surface area contributed by atoms with Crippen molar-refractivity contribution in [3.8, 4) is 0 Å². The van der Waals surface area contributed by atoms with Crippen LogP contribution in [0.25, 0.3) is 0 Å². The van der Waals surface area contributed by atoms with E-state index in [1.54, 1.807) is 11.8 Å². The second-order valence-corrected chi connectivity index (χ2v) is 6.70. The molecular formula is C21H19NOS. The highest BCUT2D eigenvalue weighted by molar-refractivity contribution is 8.00. The van der Waals surface area contributed by atoms with Crippen molar-refractivity contribution in [1.82, 2.24) is 0 Å². The van der Waals surface area contributed by atoms with Gasteiger partial charge in [0.1, 0.15) is 5.25 Å². The number of carbonyl (C=O) groups excluding carboxylic acids is 1. The van der Waals surface area contributed by atoms with E-state index in [2.05, 4.69) is 5.32 Å². The molecule has 0 saturated carbocycles. The standard InChI is InChI=1S/C21H19NOS/c1-16-10-8-9-15-19(16)22-21(23)20(17-11-4-2-5-12-17)24-18-13-6-3-7-14-18/h2-15,20H,1H3,(H,22,23)/t20-/m1/s1. The first kappa shape index (κ1) is 16.3. The van der Waals surface area contributed by atoms with Crippen molar-refractivity contribution >= 4 is 23.4 Å². The van der Waals surface area contributed by atoms with E-state index in [0.717, 1.165) is 21.7 Å². The molecule has 2 nitrogen and oxygen atoms in total. The Bertz CT molecular complexity index is 802. The van der Waals surface area contributed by atoms with Gasteiger partial charge in [-0.2, -0.15) is 0 Å². The molecule has 0 bridgehead atoms. The average Bonchev–Trinajstić information content (AvgIpc) is 2.63. The Balaban J connectivity index is 1.87. The molecule has 3 heteroatoms. The number of hydrogen-bond donors (Lipinski definition) is 1. The number of amides is 1. The third kappa shape index (κ3) is 4.06. The lowest BCUT2D eigenvalue weighted by molar-refractivity contribution is -0.115. The summed E-state index contributed by atoms with van der Waals surface area (Å²) in [6, 6.07) is 27.8. The van der Waals surface area contributed by atoms with Crippen LogP contribution in [0.15, 0.2) is 89.8 Å². The van der Waals surface area contributed by atoms with Gasteiger partial charge in [-0.1, -0.05) is 66.7 Å². The number of thioether (sulfide) groups is 1. The number of hydrogen-bond acceptors (Lipinski definition) is 2. The number of benzene rings is 3. The lowest BCUT2D eigenvalue weighted by Crippen LogP contribution is -2.19. The molecule has 0 aliphatic carbocycles. The minimum atomic E-state index is -0.298. The zero-order valence-corrected chi connectivity index (χ0v) is 14.3. The lowest BCUT2D eigenvalue weighted by Gasteiger charge is -2.18. The molecule has 0 aliphatic rings. The van der Waals surface area contributed by atoms with Crippen molar-refractivity contribution in [3.05, 3.63) is 96.1 Å². The van der Waals surface area contributed by atoms with Crippen LogP contribution >= 0.6 is 11.8 Å².